The van der Waals surface area contributed by atoms with Gasteiger partial charge in [0.1, 0.15) is 5.75 Å². The van der Waals surface area contributed by atoms with Crippen molar-refractivity contribution in [2.45, 2.75) is 25.8 Å². The van der Waals surface area contributed by atoms with Gasteiger partial charge in [0.25, 0.3) is 5.56 Å². The number of nitrogens with zero attached hydrogens (tertiary/aromatic N) is 1. The number of aryl methyl sites for hydroxylation is 2. The van der Waals surface area contributed by atoms with Crippen LogP contribution in [0.2, 0.25) is 0 Å². The molecular weight excluding hydrogens is 455 g/mol. The molecule has 2 heterocycles. The molecule has 0 aliphatic heterocycles. The van der Waals surface area contributed by atoms with E-state index in [-0.39, 0.29) is 24.8 Å². The van der Waals surface area contributed by atoms with Crippen LogP contribution in [0.15, 0.2) is 23.0 Å². The number of carbonyl (C=O) groups is 1. The summed E-state index contributed by atoms with van der Waals surface area (Å²) in [7, 11) is 3.96. The van der Waals surface area contributed by atoms with Gasteiger partial charge in [0.05, 0.1) is 5.69 Å². The molecular formula is C22H28Cl2N4O4. The highest BCUT2D eigenvalue weighted by Gasteiger charge is 2.26. The maximum atomic E-state index is 12.4. The number of H-pyrrole nitrogens is 1. The molecule has 5 N–H and O–H groups in total. The smallest absolute Gasteiger partial charge is 0.345 e. The van der Waals surface area contributed by atoms with Gasteiger partial charge in [0.15, 0.2) is 5.56 Å². The van der Waals surface area contributed by atoms with Crippen LogP contribution in [0, 0.1) is 0 Å². The van der Waals surface area contributed by atoms with Crippen molar-refractivity contribution in [3.63, 3.8) is 0 Å². The van der Waals surface area contributed by atoms with Gasteiger partial charge in [-0.25, -0.2) is 4.79 Å². The van der Waals surface area contributed by atoms with E-state index in [1.807, 2.05) is 20.2 Å². The number of pyridine rings is 1. The van der Waals surface area contributed by atoms with Crippen molar-refractivity contribution in [1.82, 2.24) is 20.2 Å². The molecule has 0 spiro atoms. The van der Waals surface area contributed by atoms with Crippen LogP contribution in [-0.4, -0.2) is 45.9 Å². The van der Waals surface area contributed by atoms with E-state index in [0.29, 0.717) is 17.7 Å². The van der Waals surface area contributed by atoms with Crippen molar-refractivity contribution in [3.8, 4) is 17.0 Å². The van der Waals surface area contributed by atoms with Crippen molar-refractivity contribution in [1.29, 1.82) is 0 Å². The summed E-state index contributed by atoms with van der Waals surface area (Å²) in [6.07, 6.45) is 2.04. The molecule has 1 aliphatic rings. The average Bonchev–Trinajstić information content (AvgIpc) is 2.89. The monoisotopic (exact) mass is 482 g/mol. The first kappa shape index (κ1) is 25.7. The number of rotatable bonds is 6. The third kappa shape index (κ3) is 4.49. The lowest BCUT2D eigenvalue weighted by Gasteiger charge is -2.13. The third-order valence-electron chi connectivity index (χ3n) is 5.87. The number of aromatic carboxylic acids is 1. The second kappa shape index (κ2) is 10.4. The predicted octanol–water partition coefficient (Wildman–Crippen LogP) is 2.58. The number of carboxylic acids is 1. The van der Waals surface area contributed by atoms with Crippen LogP contribution < -0.4 is 16.2 Å². The molecule has 2 aromatic heterocycles. The summed E-state index contributed by atoms with van der Waals surface area (Å²) in [4.78, 5) is 26.5. The zero-order valence-electron chi connectivity index (χ0n) is 17.9. The van der Waals surface area contributed by atoms with Crippen LogP contribution in [-0.2, 0) is 26.4 Å². The van der Waals surface area contributed by atoms with Gasteiger partial charge in [-0.1, -0.05) is 0 Å². The molecule has 0 saturated carbocycles. The Morgan fingerprint density at radius 2 is 1.94 bits per heavy atom. The minimum Gasteiger partial charge on any atom is -0.506 e. The number of aromatic hydroxyl groups is 1. The maximum absolute atomic E-state index is 12.4. The molecule has 0 unspecified atom stereocenters. The molecule has 1 aromatic carbocycles. The summed E-state index contributed by atoms with van der Waals surface area (Å²) in [6, 6.07) is 6.29. The topological polar surface area (TPSA) is 119 Å². The number of nitrogens with one attached hydrogen (secondary N) is 3. The zero-order valence-corrected chi connectivity index (χ0v) is 19.6. The standard InChI is InChI=1S/C22H26N4O4.2ClH/c1-23-6-7-24-11-14-8-13-9-16-12(10-17(13)26(14)2)4-3-5-15-19(16)25-21(28)18(20(15)27)22(29)30;;/h8-10,23-24H,3-7,11H2,1-2H3,(H,29,30)(H2,25,27,28);2*1H. The maximum Gasteiger partial charge on any atom is 0.345 e. The van der Waals surface area contributed by atoms with Crippen LogP contribution in [0.25, 0.3) is 22.2 Å². The Morgan fingerprint density at radius 1 is 1.19 bits per heavy atom. The summed E-state index contributed by atoms with van der Waals surface area (Å²) in [5.74, 6) is -1.84. The Labute approximate surface area is 197 Å². The molecule has 0 fully saturated rings. The summed E-state index contributed by atoms with van der Waals surface area (Å²) in [5.41, 5.74) is 3.83. The summed E-state index contributed by atoms with van der Waals surface area (Å²) in [6.45, 7) is 2.51. The minimum atomic E-state index is -1.42. The van der Waals surface area contributed by atoms with E-state index in [0.717, 1.165) is 60.2 Å². The number of hydrogen-bond acceptors (Lipinski definition) is 5. The highest BCUT2D eigenvalue weighted by Crippen LogP contribution is 2.38. The van der Waals surface area contributed by atoms with Crippen LogP contribution in [0.3, 0.4) is 0 Å². The first-order valence-electron chi connectivity index (χ1n) is 10.1. The normalized spacial score (nSPS) is 12.3. The molecule has 4 rings (SSSR count). The van der Waals surface area contributed by atoms with Crippen LogP contribution >= 0.6 is 24.8 Å². The molecule has 32 heavy (non-hydrogen) atoms. The fraction of sp³-hybridized carbons (Fsp3) is 0.364. The van der Waals surface area contributed by atoms with Gasteiger partial charge in [-0.15, -0.1) is 24.8 Å². The number of aromatic amines is 1. The number of likely N-dealkylation sites (N-methyl/N-ethyl adjacent to an activating group) is 1. The van der Waals surface area contributed by atoms with Crippen molar-refractivity contribution >= 4 is 41.7 Å². The van der Waals surface area contributed by atoms with Crippen molar-refractivity contribution in [2.24, 2.45) is 7.05 Å². The Morgan fingerprint density at radius 3 is 2.62 bits per heavy atom. The van der Waals surface area contributed by atoms with Crippen molar-refractivity contribution in [2.75, 3.05) is 20.1 Å². The third-order valence-corrected chi connectivity index (χ3v) is 5.87. The Kier molecular flexibility index (Phi) is 8.36. The second-order valence-corrected chi connectivity index (χ2v) is 7.73. The Hall–Kier alpha value is -2.52. The lowest BCUT2D eigenvalue weighted by molar-refractivity contribution is 0.0691. The van der Waals surface area contributed by atoms with Gasteiger partial charge in [-0.05, 0) is 50.1 Å². The Bertz CT molecular complexity index is 1200. The molecule has 3 aromatic rings. The van der Waals surface area contributed by atoms with Gasteiger partial charge in [0.2, 0.25) is 0 Å². The molecule has 0 atom stereocenters. The largest absolute Gasteiger partial charge is 0.506 e. The van der Waals surface area contributed by atoms with E-state index < -0.39 is 22.8 Å². The van der Waals surface area contributed by atoms with Crippen molar-refractivity contribution < 1.29 is 15.0 Å². The lowest BCUT2D eigenvalue weighted by atomic mass is 9.98. The van der Waals surface area contributed by atoms with Crippen LogP contribution in [0.4, 0.5) is 0 Å². The molecule has 0 bridgehead atoms. The number of hydrogen-bond donors (Lipinski definition) is 5. The first-order valence-corrected chi connectivity index (χ1v) is 10.1. The van der Waals surface area contributed by atoms with E-state index in [4.69, 9.17) is 0 Å². The van der Waals surface area contributed by atoms with Crippen LogP contribution in [0.5, 0.6) is 5.75 Å². The van der Waals surface area contributed by atoms with E-state index in [1.165, 1.54) is 0 Å². The lowest BCUT2D eigenvalue weighted by Crippen LogP contribution is -2.25. The van der Waals surface area contributed by atoms with E-state index in [1.54, 1.807) is 0 Å². The molecule has 0 saturated heterocycles. The van der Waals surface area contributed by atoms with E-state index in [9.17, 15) is 19.8 Å². The summed E-state index contributed by atoms with van der Waals surface area (Å²) < 4.78 is 2.17. The van der Waals surface area contributed by atoms with E-state index in [2.05, 4.69) is 32.3 Å². The Balaban J connectivity index is 0.00000181. The highest BCUT2D eigenvalue weighted by molar-refractivity contribution is 5.93. The quantitative estimate of drug-likeness (QED) is 0.344. The molecule has 174 valence electrons. The highest BCUT2D eigenvalue weighted by atomic mass is 35.5. The molecule has 1 aliphatic carbocycles. The van der Waals surface area contributed by atoms with Gasteiger partial charge < -0.3 is 30.4 Å². The fourth-order valence-corrected chi connectivity index (χ4v) is 4.28. The van der Waals surface area contributed by atoms with E-state index >= 15 is 0 Å². The zero-order chi connectivity index (χ0) is 21.4. The van der Waals surface area contributed by atoms with Gasteiger partial charge in [0, 0.05) is 54.4 Å². The van der Waals surface area contributed by atoms with Gasteiger partial charge in [-0.2, -0.15) is 0 Å². The molecule has 0 amide bonds. The average molecular weight is 483 g/mol. The molecule has 8 nitrogen and oxygen atoms in total. The summed E-state index contributed by atoms with van der Waals surface area (Å²) >= 11 is 0. The number of carboxylic acid groups (broad SMARTS) is 1. The SMILES string of the molecule is CNCCNCc1cc2cc3c(cc2n1C)CCCc1c-3[nH]c(=O)c(C(=O)O)c1O.Cl.Cl. The number of aromatic nitrogens is 2. The number of fused-ring (bicyclic) bond motifs is 4. The van der Waals surface area contributed by atoms with Crippen LogP contribution in [0.1, 0.15) is 33.6 Å². The minimum absolute atomic E-state index is 0. The predicted molar refractivity (Wildman–Crippen MR) is 130 cm³/mol. The fourth-order valence-electron chi connectivity index (χ4n) is 4.28. The van der Waals surface area contributed by atoms with Crippen molar-refractivity contribution in [3.05, 3.63) is 50.9 Å². The molecule has 0 radical (unpaired) electrons. The molecule has 10 heteroatoms. The van der Waals surface area contributed by atoms with Gasteiger partial charge in [-0.3, -0.25) is 4.79 Å². The number of benzene rings is 1. The van der Waals surface area contributed by atoms with Gasteiger partial charge >= 0.3 is 5.97 Å². The second-order valence-electron chi connectivity index (χ2n) is 7.73. The number of halogens is 2. The first-order chi connectivity index (χ1) is 14.4. The summed E-state index contributed by atoms with van der Waals surface area (Å²) in [5, 5.41) is 27.4.